The van der Waals surface area contributed by atoms with E-state index in [2.05, 4.69) is 10.6 Å². The Bertz CT molecular complexity index is 1080. The van der Waals surface area contributed by atoms with Crippen molar-refractivity contribution in [3.8, 4) is 0 Å². The molecule has 0 aliphatic carbocycles. The number of piperidine rings is 1. The number of nitrogens with one attached hydrogen (secondary N) is 2. The summed E-state index contributed by atoms with van der Waals surface area (Å²) in [5, 5.41) is 4.58. The minimum Gasteiger partial charge on any atom is -0.323 e. The Hall–Kier alpha value is -3.13. The molecule has 1 aliphatic heterocycles. The van der Waals surface area contributed by atoms with Gasteiger partial charge in [-0.1, -0.05) is 36.7 Å². The van der Waals surface area contributed by atoms with E-state index in [1.807, 2.05) is 6.92 Å². The summed E-state index contributed by atoms with van der Waals surface area (Å²) in [6.07, 6.45) is -1.05. The summed E-state index contributed by atoms with van der Waals surface area (Å²) in [4.78, 5) is 36.1. The normalized spacial score (nSPS) is 19.2. The molecule has 1 heterocycles. The SMILES string of the molecule is CCC1(c2ccc(NC(=O)C=Cc3ccc(Cl)c(C(F)(F)F)c3)cc2)CCC(=O)NC1=O. The molecule has 1 fully saturated rings. The van der Waals surface area contributed by atoms with Crippen molar-refractivity contribution in [1.29, 1.82) is 0 Å². The molecule has 0 aromatic heterocycles. The third-order valence-corrected chi connectivity index (χ3v) is 5.83. The van der Waals surface area contributed by atoms with Crippen LogP contribution < -0.4 is 10.6 Å². The van der Waals surface area contributed by atoms with E-state index in [1.54, 1.807) is 24.3 Å². The van der Waals surface area contributed by atoms with E-state index in [9.17, 15) is 27.6 Å². The number of carbonyl (C=O) groups is 3. The van der Waals surface area contributed by atoms with Gasteiger partial charge in [0.1, 0.15) is 0 Å². The van der Waals surface area contributed by atoms with Gasteiger partial charge in [0.2, 0.25) is 17.7 Å². The molecule has 5 nitrogen and oxygen atoms in total. The standard InChI is InChI=1S/C23H20ClF3N2O3/c1-2-22(12-11-20(31)29-21(22)32)15-5-7-16(8-6-15)28-19(30)10-4-14-3-9-18(24)17(13-14)23(25,26)27/h3-10,13H,2,11-12H2,1H3,(H,28,30)(H,29,31,32). The average molecular weight is 465 g/mol. The van der Waals surface area contributed by atoms with E-state index in [1.165, 1.54) is 12.1 Å². The highest BCUT2D eigenvalue weighted by Crippen LogP contribution is 2.37. The van der Waals surface area contributed by atoms with E-state index in [0.717, 1.165) is 23.8 Å². The van der Waals surface area contributed by atoms with Crippen LogP contribution in [0.15, 0.2) is 48.5 Å². The maximum absolute atomic E-state index is 12.9. The summed E-state index contributed by atoms with van der Waals surface area (Å²) in [5.74, 6) is -1.16. The van der Waals surface area contributed by atoms with Crippen molar-refractivity contribution in [3.63, 3.8) is 0 Å². The molecule has 3 rings (SSSR count). The quantitative estimate of drug-likeness (QED) is 0.478. The lowest BCUT2D eigenvalue weighted by molar-refractivity contribution is -0.139. The zero-order chi connectivity index (χ0) is 23.5. The van der Waals surface area contributed by atoms with Crippen LogP contribution >= 0.6 is 11.6 Å². The fraction of sp³-hybridized carbons (Fsp3) is 0.261. The van der Waals surface area contributed by atoms with Gasteiger partial charge in [0.25, 0.3) is 0 Å². The molecular formula is C23H20ClF3N2O3. The summed E-state index contributed by atoms with van der Waals surface area (Å²) in [5.41, 5.74) is -0.416. The topological polar surface area (TPSA) is 75.3 Å². The molecule has 2 N–H and O–H groups in total. The van der Waals surface area contributed by atoms with Crippen LogP contribution in [0.5, 0.6) is 0 Å². The molecule has 0 saturated carbocycles. The van der Waals surface area contributed by atoms with Crippen LogP contribution in [0.3, 0.4) is 0 Å². The van der Waals surface area contributed by atoms with E-state index < -0.39 is 28.1 Å². The summed E-state index contributed by atoms with van der Waals surface area (Å²) in [7, 11) is 0. The van der Waals surface area contributed by atoms with Crippen molar-refractivity contribution in [2.45, 2.75) is 37.8 Å². The number of imide groups is 1. The molecule has 9 heteroatoms. The fourth-order valence-electron chi connectivity index (χ4n) is 3.66. The third-order valence-electron chi connectivity index (χ3n) is 5.50. The molecule has 3 amide bonds. The van der Waals surface area contributed by atoms with Crippen molar-refractivity contribution < 1.29 is 27.6 Å². The average Bonchev–Trinajstić information content (AvgIpc) is 2.73. The molecule has 1 unspecified atom stereocenters. The Balaban J connectivity index is 1.70. The number of rotatable bonds is 5. The zero-order valence-corrected chi connectivity index (χ0v) is 17.8. The fourth-order valence-corrected chi connectivity index (χ4v) is 3.88. The Morgan fingerprint density at radius 3 is 2.47 bits per heavy atom. The van der Waals surface area contributed by atoms with Gasteiger partial charge in [-0.15, -0.1) is 0 Å². The van der Waals surface area contributed by atoms with Gasteiger partial charge in [-0.2, -0.15) is 13.2 Å². The van der Waals surface area contributed by atoms with E-state index in [4.69, 9.17) is 11.6 Å². The number of amides is 3. The maximum atomic E-state index is 12.9. The molecule has 32 heavy (non-hydrogen) atoms. The minimum absolute atomic E-state index is 0.176. The first-order valence-corrected chi connectivity index (χ1v) is 10.2. The van der Waals surface area contributed by atoms with Crippen molar-refractivity contribution in [3.05, 3.63) is 70.3 Å². The lowest BCUT2D eigenvalue weighted by atomic mass is 9.72. The molecule has 2 aromatic carbocycles. The first-order chi connectivity index (χ1) is 15.0. The molecule has 1 aliphatic rings. The van der Waals surface area contributed by atoms with E-state index >= 15 is 0 Å². The third kappa shape index (κ3) is 5.02. The van der Waals surface area contributed by atoms with Gasteiger partial charge in [-0.25, -0.2) is 0 Å². The van der Waals surface area contributed by atoms with Crippen LogP contribution in [0, 0.1) is 0 Å². The van der Waals surface area contributed by atoms with Crippen molar-refractivity contribution in [1.82, 2.24) is 5.32 Å². The minimum atomic E-state index is -4.59. The second-order valence-electron chi connectivity index (χ2n) is 7.45. The van der Waals surface area contributed by atoms with Gasteiger partial charge in [0.05, 0.1) is 16.0 Å². The van der Waals surface area contributed by atoms with Crippen LogP contribution in [-0.2, 0) is 26.0 Å². The smallest absolute Gasteiger partial charge is 0.323 e. The van der Waals surface area contributed by atoms with Crippen LogP contribution in [0.4, 0.5) is 18.9 Å². The van der Waals surface area contributed by atoms with Crippen molar-refractivity contribution in [2.75, 3.05) is 5.32 Å². The first kappa shape index (κ1) is 23.5. The lowest BCUT2D eigenvalue weighted by Gasteiger charge is -2.35. The molecule has 2 aromatic rings. The van der Waals surface area contributed by atoms with Gasteiger partial charge >= 0.3 is 6.18 Å². The Kier molecular flexibility index (Phi) is 6.74. The number of hydrogen-bond donors (Lipinski definition) is 2. The second kappa shape index (κ2) is 9.16. The predicted molar refractivity (Wildman–Crippen MR) is 115 cm³/mol. The number of anilines is 1. The Morgan fingerprint density at radius 2 is 1.88 bits per heavy atom. The second-order valence-corrected chi connectivity index (χ2v) is 7.86. The molecule has 168 valence electrons. The molecule has 1 saturated heterocycles. The summed E-state index contributed by atoms with van der Waals surface area (Å²) < 4.78 is 38.8. The van der Waals surface area contributed by atoms with Gasteiger partial charge in [0, 0.05) is 18.2 Å². The molecule has 0 spiro atoms. The maximum Gasteiger partial charge on any atom is 0.417 e. The van der Waals surface area contributed by atoms with Crippen LogP contribution in [0.25, 0.3) is 6.08 Å². The van der Waals surface area contributed by atoms with Crippen LogP contribution in [0.2, 0.25) is 5.02 Å². The summed E-state index contributed by atoms with van der Waals surface area (Å²) in [6, 6.07) is 10.1. The number of halogens is 4. The summed E-state index contributed by atoms with van der Waals surface area (Å²) >= 11 is 5.59. The van der Waals surface area contributed by atoms with Crippen LogP contribution in [0.1, 0.15) is 42.9 Å². The van der Waals surface area contributed by atoms with Gasteiger partial charge in [-0.05, 0) is 54.3 Å². The number of alkyl halides is 3. The van der Waals surface area contributed by atoms with Crippen molar-refractivity contribution in [2.24, 2.45) is 0 Å². The largest absolute Gasteiger partial charge is 0.417 e. The molecular weight excluding hydrogens is 445 g/mol. The first-order valence-electron chi connectivity index (χ1n) is 9.86. The van der Waals surface area contributed by atoms with Gasteiger partial charge < -0.3 is 5.32 Å². The van der Waals surface area contributed by atoms with Gasteiger partial charge in [0.15, 0.2) is 0 Å². The number of benzene rings is 2. The number of carbonyl (C=O) groups excluding carboxylic acids is 3. The van der Waals surface area contributed by atoms with E-state index in [0.29, 0.717) is 18.5 Å². The predicted octanol–water partition coefficient (Wildman–Crippen LogP) is 5.10. The van der Waals surface area contributed by atoms with Crippen LogP contribution in [-0.4, -0.2) is 17.7 Å². The monoisotopic (exact) mass is 464 g/mol. The highest BCUT2D eigenvalue weighted by Gasteiger charge is 2.42. The number of hydrogen-bond acceptors (Lipinski definition) is 3. The zero-order valence-electron chi connectivity index (χ0n) is 17.1. The lowest BCUT2D eigenvalue weighted by Crippen LogP contribution is -2.51. The Morgan fingerprint density at radius 1 is 1.19 bits per heavy atom. The van der Waals surface area contributed by atoms with Gasteiger partial charge in [-0.3, -0.25) is 19.7 Å². The van der Waals surface area contributed by atoms with Crippen molar-refractivity contribution >= 4 is 41.1 Å². The molecule has 0 radical (unpaired) electrons. The highest BCUT2D eigenvalue weighted by atomic mass is 35.5. The summed E-state index contributed by atoms with van der Waals surface area (Å²) in [6.45, 7) is 1.87. The molecule has 1 atom stereocenters. The van der Waals surface area contributed by atoms with E-state index in [-0.39, 0.29) is 23.8 Å². The highest BCUT2D eigenvalue weighted by molar-refractivity contribution is 6.31. The molecule has 0 bridgehead atoms. The Labute approximate surface area is 187 Å².